The van der Waals surface area contributed by atoms with E-state index >= 15 is 0 Å². The maximum atomic E-state index is 14.1. The van der Waals surface area contributed by atoms with E-state index in [9.17, 15) is 14.0 Å². The van der Waals surface area contributed by atoms with Crippen LogP contribution in [0.5, 0.6) is 0 Å². The number of nitrogens with zero attached hydrogens (tertiary/aromatic N) is 1. The number of methoxy groups -OCH3 is 1. The first kappa shape index (κ1) is 13.9. The van der Waals surface area contributed by atoms with Crippen molar-refractivity contribution in [3.8, 4) is 0 Å². The molecule has 98 valence electrons. The average molecular weight is 245 g/mol. The van der Waals surface area contributed by atoms with Crippen LogP contribution < -0.4 is 0 Å². The standard InChI is InChI=1S/C12H20FNO3/c1-4-9(2)7-10(15)14-6-5-12(13,8-14)11(16)17-3/h9H,4-8H2,1-3H3. The Kier molecular flexibility index (Phi) is 4.48. The molecule has 5 heteroatoms. The number of halogens is 1. The molecule has 0 aromatic heterocycles. The summed E-state index contributed by atoms with van der Waals surface area (Å²) in [6, 6.07) is 0. The number of hydrogen-bond acceptors (Lipinski definition) is 3. The zero-order valence-electron chi connectivity index (χ0n) is 10.7. The first-order valence-electron chi connectivity index (χ1n) is 5.98. The number of likely N-dealkylation sites (tertiary alicyclic amines) is 1. The molecule has 0 saturated carbocycles. The summed E-state index contributed by atoms with van der Waals surface area (Å²) in [4.78, 5) is 24.5. The van der Waals surface area contributed by atoms with Crippen molar-refractivity contribution in [3.63, 3.8) is 0 Å². The lowest BCUT2D eigenvalue weighted by atomic mass is 10.0. The number of carbonyl (C=O) groups excluding carboxylic acids is 2. The first-order chi connectivity index (χ1) is 7.92. The van der Waals surface area contributed by atoms with Crippen LogP contribution in [-0.4, -0.2) is 42.6 Å². The van der Waals surface area contributed by atoms with Crippen LogP contribution in [0.15, 0.2) is 0 Å². The highest BCUT2D eigenvalue weighted by molar-refractivity contribution is 5.83. The second-order valence-electron chi connectivity index (χ2n) is 4.74. The lowest BCUT2D eigenvalue weighted by molar-refractivity contribution is -0.154. The molecule has 1 rings (SSSR count). The first-order valence-corrected chi connectivity index (χ1v) is 5.98. The predicted octanol–water partition coefficient (Wildman–Crippen LogP) is 1.54. The third-order valence-electron chi connectivity index (χ3n) is 3.34. The van der Waals surface area contributed by atoms with Crippen LogP contribution in [0.2, 0.25) is 0 Å². The molecule has 0 aromatic carbocycles. The molecule has 4 nitrogen and oxygen atoms in total. The van der Waals surface area contributed by atoms with Gasteiger partial charge in [-0.15, -0.1) is 0 Å². The fraction of sp³-hybridized carbons (Fsp3) is 0.833. The minimum atomic E-state index is -2.01. The predicted molar refractivity (Wildman–Crippen MR) is 61.1 cm³/mol. The van der Waals surface area contributed by atoms with Crippen molar-refractivity contribution in [1.82, 2.24) is 4.90 Å². The third-order valence-corrected chi connectivity index (χ3v) is 3.34. The van der Waals surface area contributed by atoms with Crippen LogP contribution in [0.25, 0.3) is 0 Å². The summed E-state index contributed by atoms with van der Waals surface area (Å²) in [5, 5.41) is 0. The number of amides is 1. The molecule has 2 unspecified atom stereocenters. The van der Waals surface area contributed by atoms with E-state index < -0.39 is 11.6 Å². The molecule has 17 heavy (non-hydrogen) atoms. The van der Waals surface area contributed by atoms with Gasteiger partial charge < -0.3 is 9.64 Å². The van der Waals surface area contributed by atoms with Gasteiger partial charge in [0, 0.05) is 19.4 Å². The van der Waals surface area contributed by atoms with Crippen molar-refractivity contribution >= 4 is 11.9 Å². The Morgan fingerprint density at radius 1 is 1.53 bits per heavy atom. The molecule has 0 bridgehead atoms. The van der Waals surface area contributed by atoms with Crippen LogP contribution in [0, 0.1) is 5.92 Å². The number of esters is 1. The fourth-order valence-corrected chi connectivity index (χ4v) is 1.91. The van der Waals surface area contributed by atoms with E-state index in [-0.39, 0.29) is 24.8 Å². The maximum absolute atomic E-state index is 14.1. The zero-order valence-corrected chi connectivity index (χ0v) is 10.7. The maximum Gasteiger partial charge on any atom is 0.345 e. The zero-order chi connectivity index (χ0) is 13.1. The lowest BCUT2D eigenvalue weighted by Crippen LogP contribution is -2.40. The lowest BCUT2D eigenvalue weighted by Gasteiger charge is -2.20. The molecule has 0 aromatic rings. The highest BCUT2D eigenvalue weighted by Crippen LogP contribution is 2.28. The van der Waals surface area contributed by atoms with Gasteiger partial charge in [-0.2, -0.15) is 0 Å². The van der Waals surface area contributed by atoms with E-state index in [1.54, 1.807) is 0 Å². The monoisotopic (exact) mass is 245 g/mol. The Morgan fingerprint density at radius 3 is 2.71 bits per heavy atom. The van der Waals surface area contributed by atoms with Gasteiger partial charge in [0.2, 0.25) is 11.6 Å². The summed E-state index contributed by atoms with van der Waals surface area (Å²) in [6.45, 7) is 4.11. The highest BCUT2D eigenvalue weighted by Gasteiger charge is 2.47. The van der Waals surface area contributed by atoms with Crippen molar-refractivity contribution in [2.45, 2.75) is 38.8 Å². The molecule has 1 amide bonds. The van der Waals surface area contributed by atoms with E-state index in [1.165, 1.54) is 4.90 Å². The molecule has 0 aliphatic carbocycles. The molecule has 2 atom stereocenters. The van der Waals surface area contributed by atoms with Gasteiger partial charge in [0.15, 0.2) is 0 Å². The van der Waals surface area contributed by atoms with Gasteiger partial charge in [-0.3, -0.25) is 4.79 Å². The Hall–Kier alpha value is -1.13. The average Bonchev–Trinajstić information content (AvgIpc) is 2.72. The van der Waals surface area contributed by atoms with Crippen LogP contribution in [0.1, 0.15) is 33.1 Å². The van der Waals surface area contributed by atoms with Crippen LogP contribution in [-0.2, 0) is 14.3 Å². The van der Waals surface area contributed by atoms with Gasteiger partial charge in [-0.25, -0.2) is 9.18 Å². The molecule has 0 N–H and O–H groups in total. The second kappa shape index (κ2) is 5.47. The number of alkyl halides is 1. The fourth-order valence-electron chi connectivity index (χ4n) is 1.91. The van der Waals surface area contributed by atoms with E-state index in [2.05, 4.69) is 4.74 Å². The molecular weight excluding hydrogens is 225 g/mol. The van der Waals surface area contributed by atoms with Gasteiger partial charge in [0.1, 0.15) is 0 Å². The summed E-state index contributed by atoms with van der Waals surface area (Å²) < 4.78 is 18.5. The van der Waals surface area contributed by atoms with Crippen molar-refractivity contribution in [3.05, 3.63) is 0 Å². The smallest absolute Gasteiger partial charge is 0.345 e. The van der Waals surface area contributed by atoms with Gasteiger partial charge in [-0.05, 0) is 5.92 Å². The largest absolute Gasteiger partial charge is 0.467 e. The van der Waals surface area contributed by atoms with E-state index in [0.717, 1.165) is 13.5 Å². The molecule has 1 aliphatic heterocycles. The molecule has 1 saturated heterocycles. The molecule has 0 spiro atoms. The van der Waals surface area contributed by atoms with Crippen LogP contribution in [0.4, 0.5) is 4.39 Å². The van der Waals surface area contributed by atoms with Gasteiger partial charge >= 0.3 is 5.97 Å². The van der Waals surface area contributed by atoms with Crippen molar-refractivity contribution < 1.29 is 18.7 Å². The number of rotatable bonds is 4. The molecule has 0 radical (unpaired) electrons. The minimum Gasteiger partial charge on any atom is -0.467 e. The van der Waals surface area contributed by atoms with E-state index in [4.69, 9.17) is 0 Å². The van der Waals surface area contributed by atoms with E-state index in [1.807, 2.05) is 13.8 Å². The topological polar surface area (TPSA) is 46.6 Å². The van der Waals surface area contributed by atoms with Crippen molar-refractivity contribution in [1.29, 1.82) is 0 Å². The van der Waals surface area contributed by atoms with Gasteiger partial charge in [0.05, 0.1) is 13.7 Å². The normalized spacial score (nSPS) is 25.8. The molecule has 1 aliphatic rings. The van der Waals surface area contributed by atoms with Crippen molar-refractivity contribution in [2.75, 3.05) is 20.2 Å². The Labute approximate surface area is 101 Å². The summed E-state index contributed by atoms with van der Waals surface area (Å²) in [5.74, 6) is -0.672. The summed E-state index contributed by atoms with van der Waals surface area (Å²) in [7, 11) is 1.16. The summed E-state index contributed by atoms with van der Waals surface area (Å²) in [6.07, 6.45) is 1.36. The number of hydrogen-bond donors (Lipinski definition) is 0. The van der Waals surface area contributed by atoms with Crippen LogP contribution in [0.3, 0.4) is 0 Å². The Balaban J connectivity index is 2.55. The number of ether oxygens (including phenoxy) is 1. The van der Waals surface area contributed by atoms with Crippen LogP contribution >= 0.6 is 0 Å². The minimum absolute atomic E-state index is 0.0337. The quantitative estimate of drug-likeness (QED) is 0.706. The molecule has 1 heterocycles. The Bertz CT molecular complexity index is 308. The third kappa shape index (κ3) is 3.17. The number of carbonyl (C=O) groups is 2. The molecule has 1 fully saturated rings. The summed E-state index contributed by atoms with van der Waals surface area (Å²) in [5.41, 5.74) is -2.01. The van der Waals surface area contributed by atoms with Gasteiger partial charge in [0.25, 0.3) is 0 Å². The summed E-state index contributed by atoms with van der Waals surface area (Å²) >= 11 is 0. The Morgan fingerprint density at radius 2 is 2.18 bits per heavy atom. The molecular formula is C12H20FNO3. The highest BCUT2D eigenvalue weighted by atomic mass is 19.1. The van der Waals surface area contributed by atoms with Crippen molar-refractivity contribution in [2.24, 2.45) is 5.92 Å². The second-order valence-corrected chi connectivity index (χ2v) is 4.74. The van der Waals surface area contributed by atoms with Gasteiger partial charge in [-0.1, -0.05) is 20.3 Å². The SMILES string of the molecule is CCC(C)CC(=O)N1CCC(F)(C(=O)OC)C1. The van der Waals surface area contributed by atoms with E-state index in [0.29, 0.717) is 13.0 Å².